The molecule has 0 bridgehead atoms. The summed E-state index contributed by atoms with van der Waals surface area (Å²) in [5.74, 6) is -0.483. The van der Waals surface area contributed by atoms with E-state index in [2.05, 4.69) is 23.8 Å². The molecule has 0 N–H and O–H groups in total. The molecule has 4 rings (SSSR count). The van der Waals surface area contributed by atoms with Gasteiger partial charge in [-0.3, -0.25) is 4.79 Å². The van der Waals surface area contributed by atoms with Gasteiger partial charge in [-0.05, 0) is 61.9 Å². The SMILES string of the molecule is CCN(CC)c1ccc(/C=C2\C(=O)N(c3ccccc3)N=C2S(=O)(=O)c2ccccc2)cc1. The number of para-hydroxylation sites is 1. The molecule has 168 valence electrons. The second kappa shape index (κ2) is 9.42. The van der Waals surface area contributed by atoms with E-state index in [4.69, 9.17) is 0 Å². The maximum absolute atomic E-state index is 13.4. The number of carbonyl (C=O) groups is 1. The smallest absolute Gasteiger partial charge is 0.281 e. The topological polar surface area (TPSA) is 70.1 Å². The van der Waals surface area contributed by atoms with Crippen molar-refractivity contribution in [2.24, 2.45) is 5.10 Å². The van der Waals surface area contributed by atoms with Crippen molar-refractivity contribution < 1.29 is 13.2 Å². The Hall–Kier alpha value is -3.71. The van der Waals surface area contributed by atoms with E-state index in [1.807, 2.05) is 30.3 Å². The second-order valence-corrected chi connectivity index (χ2v) is 9.36. The number of hydrogen-bond donors (Lipinski definition) is 0. The lowest BCUT2D eigenvalue weighted by Crippen LogP contribution is -2.22. The highest BCUT2D eigenvalue weighted by atomic mass is 32.2. The predicted molar refractivity (Wildman–Crippen MR) is 133 cm³/mol. The fourth-order valence-corrected chi connectivity index (χ4v) is 5.07. The first-order valence-electron chi connectivity index (χ1n) is 10.8. The highest BCUT2D eigenvalue weighted by Gasteiger charge is 2.39. The Bertz CT molecular complexity index is 1300. The van der Waals surface area contributed by atoms with E-state index in [-0.39, 0.29) is 15.5 Å². The molecule has 0 radical (unpaired) electrons. The number of benzene rings is 3. The first-order chi connectivity index (χ1) is 16.0. The van der Waals surface area contributed by atoms with Gasteiger partial charge in [0.1, 0.15) is 0 Å². The monoisotopic (exact) mass is 459 g/mol. The second-order valence-electron chi connectivity index (χ2n) is 7.50. The van der Waals surface area contributed by atoms with Crippen LogP contribution in [0.1, 0.15) is 19.4 Å². The molecule has 3 aromatic rings. The summed E-state index contributed by atoms with van der Waals surface area (Å²) in [5, 5.41) is 5.16. The van der Waals surface area contributed by atoms with E-state index in [1.165, 1.54) is 12.1 Å². The molecule has 1 amide bonds. The zero-order valence-electron chi connectivity index (χ0n) is 18.5. The number of hydrazone groups is 1. The summed E-state index contributed by atoms with van der Waals surface area (Å²) in [6.07, 6.45) is 1.59. The third-order valence-corrected chi connectivity index (χ3v) is 7.19. The van der Waals surface area contributed by atoms with Gasteiger partial charge in [0, 0.05) is 18.8 Å². The van der Waals surface area contributed by atoms with Gasteiger partial charge in [0.05, 0.1) is 16.2 Å². The standard InChI is InChI=1S/C26H25N3O3S/c1-3-28(4-2)21-17-15-20(16-18-21)19-24-25(33(31,32)23-13-9-6-10-14-23)27-29(26(24)30)22-11-7-5-8-12-22/h5-19H,3-4H2,1-2H3/b24-19-. The van der Waals surface area contributed by atoms with Crippen molar-refractivity contribution in [3.8, 4) is 0 Å². The van der Waals surface area contributed by atoms with Crippen LogP contribution in [-0.2, 0) is 14.6 Å². The third kappa shape index (κ3) is 4.45. The van der Waals surface area contributed by atoms with Crippen molar-refractivity contribution in [3.05, 3.63) is 96.1 Å². The first-order valence-corrected chi connectivity index (χ1v) is 12.3. The van der Waals surface area contributed by atoms with Crippen LogP contribution in [0.4, 0.5) is 11.4 Å². The summed E-state index contributed by atoms with van der Waals surface area (Å²) in [5.41, 5.74) is 2.33. The number of anilines is 2. The van der Waals surface area contributed by atoms with Gasteiger partial charge in [-0.25, -0.2) is 8.42 Å². The van der Waals surface area contributed by atoms with Gasteiger partial charge in [-0.15, -0.1) is 0 Å². The molecule has 6 nitrogen and oxygen atoms in total. The van der Waals surface area contributed by atoms with Crippen molar-refractivity contribution in [2.45, 2.75) is 18.7 Å². The lowest BCUT2D eigenvalue weighted by atomic mass is 10.1. The molecule has 1 aliphatic rings. The van der Waals surface area contributed by atoms with Gasteiger partial charge < -0.3 is 4.90 Å². The normalized spacial score (nSPS) is 15.1. The quantitative estimate of drug-likeness (QED) is 0.499. The molecule has 0 spiro atoms. The molecule has 0 atom stereocenters. The predicted octanol–water partition coefficient (Wildman–Crippen LogP) is 4.75. The van der Waals surface area contributed by atoms with Crippen LogP contribution in [-0.4, -0.2) is 32.5 Å². The van der Waals surface area contributed by atoms with E-state index >= 15 is 0 Å². The van der Waals surface area contributed by atoms with Crippen LogP contribution in [0.5, 0.6) is 0 Å². The van der Waals surface area contributed by atoms with Crippen LogP contribution < -0.4 is 9.91 Å². The summed E-state index contributed by atoms with van der Waals surface area (Å²) >= 11 is 0. The average molecular weight is 460 g/mol. The van der Waals surface area contributed by atoms with Crippen molar-refractivity contribution >= 4 is 38.2 Å². The lowest BCUT2D eigenvalue weighted by Gasteiger charge is -2.20. The van der Waals surface area contributed by atoms with Crippen molar-refractivity contribution in [2.75, 3.05) is 23.0 Å². The Kier molecular flexibility index (Phi) is 6.42. The Labute approximate surface area is 194 Å². The Morgan fingerprint density at radius 3 is 2.00 bits per heavy atom. The maximum atomic E-state index is 13.4. The number of nitrogens with zero attached hydrogens (tertiary/aromatic N) is 3. The molecule has 7 heteroatoms. The minimum absolute atomic E-state index is 0.0401. The molecular weight excluding hydrogens is 434 g/mol. The zero-order valence-corrected chi connectivity index (χ0v) is 19.4. The molecule has 0 saturated heterocycles. The molecule has 1 heterocycles. The van der Waals surface area contributed by atoms with E-state index in [1.54, 1.807) is 48.5 Å². The summed E-state index contributed by atoms with van der Waals surface area (Å²) in [7, 11) is -4.00. The highest BCUT2D eigenvalue weighted by Crippen LogP contribution is 2.30. The molecule has 0 fully saturated rings. The summed E-state index contributed by atoms with van der Waals surface area (Å²) < 4.78 is 26.8. The average Bonchev–Trinajstić information content (AvgIpc) is 3.18. The molecule has 3 aromatic carbocycles. The summed E-state index contributed by atoms with van der Waals surface area (Å²) in [6, 6.07) is 24.6. The number of hydrogen-bond acceptors (Lipinski definition) is 5. The van der Waals surface area contributed by atoms with Gasteiger partial charge in [0.15, 0.2) is 5.04 Å². The first kappa shape index (κ1) is 22.5. The largest absolute Gasteiger partial charge is 0.372 e. The molecule has 0 saturated carbocycles. The fraction of sp³-hybridized carbons (Fsp3) is 0.154. The Balaban J connectivity index is 1.80. The van der Waals surface area contributed by atoms with Gasteiger partial charge in [-0.2, -0.15) is 10.1 Å². The van der Waals surface area contributed by atoms with Crippen molar-refractivity contribution in [3.63, 3.8) is 0 Å². The zero-order chi connectivity index (χ0) is 23.4. The van der Waals surface area contributed by atoms with Gasteiger partial charge in [-0.1, -0.05) is 48.5 Å². The summed E-state index contributed by atoms with van der Waals surface area (Å²) in [4.78, 5) is 15.6. The van der Waals surface area contributed by atoms with E-state index in [0.29, 0.717) is 5.69 Å². The Morgan fingerprint density at radius 2 is 1.42 bits per heavy atom. The lowest BCUT2D eigenvalue weighted by molar-refractivity contribution is -0.114. The van der Waals surface area contributed by atoms with Crippen LogP contribution in [0, 0.1) is 0 Å². The highest BCUT2D eigenvalue weighted by molar-refractivity contribution is 8.07. The molecule has 1 aliphatic heterocycles. The fourth-order valence-electron chi connectivity index (χ4n) is 3.71. The molecule has 0 aliphatic carbocycles. The van der Waals surface area contributed by atoms with E-state index in [0.717, 1.165) is 29.3 Å². The van der Waals surface area contributed by atoms with Crippen molar-refractivity contribution in [1.29, 1.82) is 0 Å². The Morgan fingerprint density at radius 1 is 0.848 bits per heavy atom. The van der Waals surface area contributed by atoms with Crippen LogP contribution in [0.3, 0.4) is 0 Å². The van der Waals surface area contributed by atoms with Gasteiger partial charge >= 0.3 is 0 Å². The minimum Gasteiger partial charge on any atom is -0.372 e. The van der Waals surface area contributed by atoms with Gasteiger partial charge in [0.2, 0.25) is 9.84 Å². The third-order valence-electron chi connectivity index (χ3n) is 5.49. The number of carbonyl (C=O) groups excluding carboxylic acids is 1. The number of amides is 1. The van der Waals surface area contributed by atoms with Crippen LogP contribution in [0.25, 0.3) is 6.08 Å². The minimum atomic E-state index is -4.00. The van der Waals surface area contributed by atoms with Crippen LogP contribution >= 0.6 is 0 Å². The molecule has 0 aromatic heterocycles. The summed E-state index contributed by atoms with van der Waals surface area (Å²) in [6.45, 7) is 5.94. The van der Waals surface area contributed by atoms with Crippen LogP contribution in [0.15, 0.2) is 100 Å². The van der Waals surface area contributed by atoms with Gasteiger partial charge in [0.25, 0.3) is 5.91 Å². The van der Waals surface area contributed by atoms with Crippen molar-refractivity contribution in [1.82, 2.24) is 0 Å². The van der Waals surface area contributed by atoms with Crippen LogP contribution in [0.2, 0.25) is 0 Å². The van der Waals surface area contributed by atoms with E-state index in [9.17, 15) is 13.2 Å². The number of rotatable bonds is 6. The maximum Gasteiger partial charge on any atom is 0.281 e. The molecular formula is C26H25N3O3S. The van der Waals surface area contributed by atoms with E-state index < -0.39 is 15.7 Å². The molecule has 0 unspecified atom stereocenters. The number of sulfone groups is 1. The molecule has 33 heavy (non-hydrogen) atoms.